The third-order valence-corrected chi connectivity index (χ3v) is 0.368. The Kier molecular flexibility index (Phi) is 9.61. The quantitative estimate of drug-likeness (QED) is 0.363. The fourth-order valence-electron chi connectivity index (χ4n) is 0.143. The molecule has 64 valence electrons. The van der Waals surface area contributed by atoms with Crippen LogP contribution < -0.4 is 5.90 Å². The normalized spacial score (nSPS) is 8.55. The SMILES string of the molecule is CON.O=C(O)/C=C\C(=O)O. The van der Waals surface area contributed by atoms with E-state index < -0.39 is 11.9 Å². The third kappa shape index (κ3) is 28.9. The summed E-state index contributed by atoms with van der Waals surface area (Å²) in [5.74, 6) is 1.83. The predicted molar refractivity (Wildman–Crippen MR) is 35.6 cm³/mol. The van der Waals surface area contributed by atoms with Crippen molar-refractivity contribution in [2.75, 3.05) is 7.11 Å². The maximum absolute atomic E-state index is 9.55. The second-order valence-electron chi connectivity index (χ2n) is 1.25. The molecule has 0 aromatic heterocycles. The molecule has 0 aromatic rings. The van der Waals surface area contributed by atoms with Gasteiger partial charge in [0.1, 0.15) is 0 Å². The van der Waals surface area contributed by atoms with E-state index in [9.17, 15) is 9.59 Å². The van der Waals surface area contributed by atoms with Crippen molar-refractivity contribution < 1.29 is 24.6 Å². The zero-order valence-corrected chi connectivity index (χ0v) is 5.85. The van der Waals surface area contributed by atoms with Gasteiger partial charge in [0.05, 0.1) is 7.11 Å². The third-order valence-electron chi connectivity index (χ3n) is 0.368. The van der Waals surface area contributed by atoms with Crippen LogP contribution in [0.3, 0.4) is 0 Å². The largest absolute Gasteiger partial charge is 0.478 e. The van der Waals surface area contributed by atoms with Gasteiger partial charge < -0.3 is 15.1 Å². The average Bonchev–Trinajstić information content (AvgIpc) is 1.85. The minimum atomic E-state index is -1.26. The van der Waals surface area contributed by atoms with Gasteiger partial charge in [-0.05, 0) is 0 Å². The van der Waals surface area contributed by atoms with Gasteiger partial charge in [-0.1, -0.05) is 0 Å². The molecule has 0 aliphatic carbocycles. The molecular formula is C5H9NO5. The molecule has 0 spiro atoms. The van der Waals surface area contributed by atoms with Crippen molar-refractivity contribution in [3.63, 3.8) is 0 Å². The first-order valence-corrected chi connectivity index (χ1v) is 2.41. The zero-order chi connectivity index (χ0) is 9.28. The van der Waals surface area contributed by atoms with E-state index in [0.29, 0.717) is 12.2 Å². The van der Waals surface area contributed by atoms with Crippen LogP contribution in [0.15, 0.2) is 12.2 Å². The zero-order valence-electron chi connectivity index (χ0n) is 5.85. The summed E-state index contributed by atoms with van der Waals surface area (Å²) in [5, 5.41) is 15.6. The number of hydrogen-bond acceptors (Lipinski definition) is 4. The summed E-state index contributed by atoms with van der Waals surface area (Å²) < 4.78 is 0. The van der Waals surface area contributed by atoms with Crippen LogP contribution in [0.1, 0.15) is 0 Å². The Morgan fingerprint density at radius 1 is 1.27 bits per heavy atom. The van der Waals surface area contributed by atoms with Crippen LogP contribution in [-0.2, 0) is 14.4 Å². The Balaban J connectivity index is 0. The first-order chi connectivity index (χ1) is 5.04. The van der Waals surface area contributed by atoms with Gasteiger partial charge in [0.15, 0.2) is 0 Å². The van der Waals surface area contributed by atoms with E-state index in [4.69, 9.17) is 10.2 Å². The molecule has 0 radical (unpaired) electrons. The van der Waals surface area contributed by atoms with Gasteiger partial charge in [0.25, 0.3) is 0 Å². The fourth-order valence-corrected chi connectivity index (χ4v) is 0.143. The molecule has 0 unspecified atom stereocenters. The van der Waals surface area contributed by atoms with Crippen LogP contribution in [0.5, 0.6) is 0 Å². The Hall–Kier alpha value is -1.40. The molecule has 6 nitrogen and oxygen atoms in total. The summed E-state index contributed by atoms with van der Waals surface area (Å²) in [7, 11) is 1.40. The first kappa shape index (κ1) is 12.3. The van der Waals surface area contributed by atoms with E-state index in [0.717, 1.165) is 0 Å². The molecular weight excluding hydrogens is 154 g/mol. The molecule has 6 heteroatoms. The van der Waals surface area contributed by atoms with Crippen molar-refractivity contribution in [1.29, 1.82) is 0 Å². The van der Waals surface area contributed by atoms with E-state index in [2.05, 4.69) is 10.7 Å². The highest BCUT2D eigenvalue weighted by Crippen LogP contribution is 1.70. The number of rotatable bonds is 2. The van der Waals surface area contributed by atoms with Gasteiger partial charge in [-0.2, -0.15) is 0 Å². The Bertz CT molecular complexity index is 137. The predicted octanol–water partition coefficient (Wildman–Crippen LogP) is -0.782. The minimum absolute atomic E-state index is 0.558. The van der Waals surface area contributed by atoms with Crippen molar-refractivity contribution in [1.82, 2.24) is 0 Å². The molecule has 0 bridgehead atoms. The van der Waals surface area contributed by atoms with E-state index in [1.807, 2.05) is 0 Å². The molecule has 0 aliphatic rings. The number of aliphatic carboxylic acids is 2. The number of carbonyl (C=O) groups is 2. The lowest BCUT2D eigenvalue weighted by atomic mass is 10.5. The minimum Gasteiger partial charge on any atom is -0.478 e. The Morgan fingerprint density at radius 3 is 1.55 bits per heavy atom. The van der Waals surface area contributed by atoms with E-state index in [-0.39, 0.29) is 0 Å². The number of carboxylic acids is 2. The number of hydrogen-bond donors (Lipinski definition) is 3. The van der Waals surface area contributed by atoms with Crippen LogP contribution in [0.25, 0.3) is 0 Å². The molecule has 0 amide bonds. The molecule has 11 heavy (non-hydrogen) atoms. The summed E-state index contributed by atoms with van der Waals surface area (Å²) >= 11 is 0. The monoisotopic (exact) mass is 163 g/mol. The summed E-state index contributed by atoms with van der Waals surface area (Å²) in [4.78, 5) is 22.9. The molecule has 0 saturated carbocycles. The topological polar surface area (TPSA) is 110 Å². The average molecular weight is 163 g/mol. The standard InChI is InChI=1S/C4H4O4.CH5NO/c5-3(6)1-2-4(7)8;1-3-2/h1-2H,(H,5,6)(H,7,8);2H2,1H3/b2-1-;. The molecule has 0 rings (SSSR count). The van der Waals surface area contributed by atoms with Crippen molar-refractivity contribution in [3.05, 3.63) is 12.2 Å². The lowest BCUT2D eigenvalue weighted by Gasteiger charge is -1.74. The first-order valence-electron chi connectivity index (χ1n) is 2.41. The van der Waals surface area contributed by atoms with Crippen LogP contribution in [-0.4, -0.2) is 29.3 Å². The lowest BCUT2D eigenvalue weighted by molar-refractivity contribution is -0.134. The smallest absolute Gasteiger partial charge is 0.328 e. The second-order valence-corrected chi connectivity index (χ2v) is 1.25. The highest BCUT2D eigenvalue weighted by molar-refractivity contribution is 5.89. The highest BCUT2D eigenvalue weighted by Gasteiger charge is 1.88. The van der Waals surface area contributed by atoms with Crippen molar-refractivity contribution in [2.45, 2.75) is 0 Å². The molecule has 0 aromatic carbocycles. The summed E-state index contributed by atoms with van der Waals surface area (Å²) in [6.07, 6.45) is 1.12. The molecule has 0 fully saturated rings. The van der Waals surface area contributed by atoms with Crippen LogP contribution >= 0.6 is 0 Å². The van der Waals surface area contributed by atoms with Gasteiger partial charge in [-0.3, -0.25) is 0 Å². The maximum atomic E-state index is 9.55. The fraction of sp³-hybridized carbons (Fsp3) is 0.200. The molecule has 0 aliphatic heterocycles. The van der Waals surface area contributed by atoms with Crippen molar-refractivity contribution in [2.24, 2.45) is 5.90 Å². The number of nitrogens with two attached hydrogens (primary N) is 1. The van der Waals surface area contributed by atoms with Crippen LogP contribution in [0.4, 0.5) is 0 Å². The van der Waals surface area contributed by atoms with E-state index in [1.54, 1.807) is 0 Å². The lowest BCUT2D eigenvalue weighted by Crippen LogP contribution is -1.91. The maximum Gasteiger partial charge on any atom is 0.328 e. The van der Waals surface area contributed by atoms with Gasteiger partial charge in [0.2, 0.25) is 0 Å². The van der Waals surface area contributed by atoms with Gasteiger partial charge >= 0.3 is 11.9 Å². The van der Waals surface area contributed by atoms with Crippen LogP contribution in [0.2, 0.25) is 0 Å². The van der Waals surface area contributed by atoms with E-state index in [1.165, 1.54) is 7.11 Å². The highest BCUT2D eigenvalue weighted by atomic mass is 16.6. The molecule has 0 heterocycles. The summed E-state index contributed by atoms with van der Waals surface area (Å²) in [6, 6.07) is 0. The van der Waals surface area contributed by atoms with Crippen LogP contribution in [0, 0.1) is 0 Å². The Labute approximate surface area is 62.8 Å². The molecule has 0 atom stereocenters. The van der Waals surface area contributed by atoms with Crippen molar-refractivity contribution in [3.8, 4) is 0 Å². The van der Waals surface area contributed by atoms with E-state index >= 15 is 0 Å². The number of carboxylic acid groups (broad SMARTS) is 2. The second kappa shape index (κ2) is 8.60. The summed E-state index contributed by atoms with van der Waals surface area (Å²) in [5.41, 5.74) is 0. The Morgan fingerprint density at radius 2 is 1.45 bits per heavy atom. The van der Waals surface area contributed by atoms with Crippen molar-refractivity contribution >= 4 is 11.9 Å². The summed E-state index contributed by atoms with van der Waals surface area (Å²) in [6.45, 7) is 0. The van der Waals surface area contributed by atoms with Gasteiger partial charge in [0, 0.05) is 12.2 Å². The van der Waals surface area contributed by atoms with Gasteiger partial charge in [-0.25, -0.2) is 15.5 Å². The molecule has 0 saturated heterocycles. The van der Waals surface area contributed by atoms with Gasteiger partial charge in [-0.15, -0.1) is 0 Å². The molecule has 4 N–H and O–H groups in total.